The second kappa shape index (κ2) is 10.5. The van der Waals surface area contributed by atoms with Gasteiger partial charge in [-0.1, -0.05) is 0 Å². The molecule has 0 amide bonds. The first-order chi connectivity index (χ1) is 12.6. The average Bonchev–Trinajstić information content (AvgIpc) is 2.54. The molecule has 0 spiro atoms. The maximum absolute atomic E-state index is 11.6. The normalized spacial score (nSPS) is 27.0. The van der Waals surface area contributed by atoms with E-state index in [0.717, 1.165) is 20.8 Å². The summed E-state index contributed by atoms with van der Waals surface area (Å²) in [7, 11) is 0. The van der Waals surface area contributed by atoms with E-state index in [1.165, 1.54) is 6.92 Å². The monoisotopic (exact) mass is 385 g/mol. The summed E-state index contributed by atoms with van der Waals surface area (Å²) in [4.78, 5) is 45.8. The second-order valence-electron chi connectivity index (χ2n) is 5.93. The Balaban J connectivity index is 3.25. The zero-order chi connectivity index (χ0) is 20.6. The largest absolute Gasteiger partial charge is 0.463 e. The van der Waals surface area contributed by atoms with Gasteiger partial charge in [-0.3, -0.25) is 19.2 Å². The highest BCUT2D eigenvalue weighted by atomic mass is 16.7. The number of nitriles is 1. The maximum atomic E-state index is 11.6. The Morgan fingerprint density at radius 1 is 0.815 bits per heavy atom. The fraction of sp³-hybridized carbons (Fsp3) is 0.706. The Hall–Kier alpha value is -2.67. The van der Waals surface area contributed by atoms with E-state index >= 15 is 0 Å². The van der Waals surface area contributed by atoms with Crippen LogP contribution in [0.25, 0.3) is 0 Å². The van der Waals surface area contributed by atoms with Gasteiger partial charge in [-0.05, 0) is 6.42 Å². The number of hydrogen-bond acceptors (Lipinski definition) is 10. The maximum Gasteiger partial charge on any atom is 0.303 e. The highest BCUT2D eigenvalue weighted by molar-refractivity contribution is 5.68. The lowest BCUT2D eigenvalue weighted by Crippen LogP contribution is -2.62. The molecule has 1 saturated heterocycles. The van der Waals surface area contributed by atoms with Crippen LogP contribution in [0.2, 0.25) is 0 Å². The van der Waals surface area contributed by atoms with Crippen LogP contribution in [0.1, 0.15) is 40.5 Å². The molecule has 27 heavy (non-hydrogen) atoms. The van der Waals surface area contributed by atoms with Gasteiger partial charge in [0, 0.05) is 34.1 Å². The number of rotatable bonds is 7. The highest BCUT2D eigenvalue weighted by Crippen LogP contribution is 2.31. The summed E-state index contributed by atoms with van der Waals surface area (Å²) in [6.07, 6.45) is -5.02. The third-order valence-electron chi connectivity index (χ3n) is 3.63. The van der Waals surface area contributed by atoms with Gasteiger partial charge in [-0.15, -0.1) is 0 Å². The van der Waals surface area contributed by atoms with Gasteiger partial charge in [0.1, 0.15) is 18.8 Å². The zero-order valence-corrected chi connectivity index (χ0v) is 15.6. The molecule has 10 nitrogen and oxygen atoms in total. The minimum absolute atomic E-state index is 0.0771. The first kappa shape index (κ1) is 22.4. The van der Waals surface area contributed by atoms with Gasteiger partial charge in [0.15, 0.2) is 18.3 Å². The van der Waals surface area contributed by atoms with Crippen LogP contribution in [-0.2, 0) is 42.9 Å². The zero-order valence-electron chi connectivity index (χ0n) is 15.6. The molecule has 0 N–H and O–H groups in total. The molecule has 0 saturated carbocycles. The van der Waals surface area contributed by atoms with Crippen LogP contribution in [-0.4, -0.2) is 61.0 Å². The summed E-state index contributed by atoms with van der Waals surface area (Å²) in [6.45, 7) is 4.38. The molecule has 1 fully saturated rings. The molecule has 1 rings (SSSR count). The van der Waals surface area contributed by atoms with Crippen LogP contribution in [0.15, 0.2) is 0 Å². The molecule has 1 aliphatic rings. The molecule has 150 valence electrons. The lowest BCUT2D eigenvalue weighted by atomic mass is 9.92. The SMILES string of the molecule is CC(=O)OC[C@H]1O[C@@H](CCC#N)[C@H](OC(C)=O)[C@@H](OC(C)=O)[C@H]1OC(C)=O. The molecule has 0 aromatic carbocycles. The van der Waals surface area contributed by atoms with Gasteiger partial charge in [-0.25, -0.2) is 0 Å². The van der Waals surface area contributed by atoms with Crippen molar-refractivity contribution in [2.45, 2.75) is 71.1 Å². The van der Waals surface area contributed by atoms with E-state index in [1.807, 2.05) is 6.07 Å². The second-order valence-corrected chi connectivity index (χ2v) is 5.93. The molecular formula is C17H23NO9. The van der Waals surface area contributed by atoms with Crippen molar-refractivity contribution in [1.29, 1.82) is 5.26 Å². The van der Waals surface area contributed by atoms with E-state index in [1.54, 1.807) is 0 Å². The third kappa shape index (κ3) is 7.22. The van der Waals surface area contributed by atoms with Crippen molar-refractivity contribution in [2.75, 3.05) is 6.61 Å². The number of nitrogens with zero attached hydrogens (tertiary/aromatic N) is 1. The number of carbonyl (C=O) groups excluding carboxylic acids is 4. The van der Waals surface area contributed by atoms with Crippen molar-refractivity contribution in [3.8, 4) is 6.07 Å². The molecule has 0 aromatic rings. The Morgan fingerprint density at radius 3 is 1.74 bits per heavy atom. The molecule has 5 atom stereocenters. The molecule has 0 aliphatic carbocycles. The van der Waals surface area contributed by atoms with Crippen LogP contribution in [0.5, 0.6) is 0 Å². The Bertz CT molecular complexity index is 612. The van der Waals surface area contributed by atoms with Crippen LogP contribution >= 0.6 is 0 Å². The van der Waals surface area contributed by atoms with Gasteiger partial charge in [0.05, 0.1) is 6.07 Å². The van der Waals surface area contributed by atoms with Crippen LogP contribution in [0.4, 0.5) is 0 Å². The predicted octanol–water partition coefficient (Wildman–Crippen LogP) is 0.416. The fourth-order valence-electron chi connectivity index (χ4n) is 2.76. The lowest BCUT2D eigenvalue weighted by Gasteiger charge is -2.44. The Kier molecular flexibility index (Phi) is 8.68. The topological polar surface area (TPSA) is 138 Å². The van der Waals surface area contributed by atoms with Crippen molar-refractivity contribution >= 4 is 23.9 Å². The quantitative estimate of drug-likeness (QED) is 0.447. The van der Waals surface area contributed by atoms with E-state index in [2.05, 4.69) is 0 Å². The smallest absolute Gasteiger partial charge is 0.303 e. The van der Waals surface area contributed by atoms with Crippen molar-refractivity contribution in [3.63, 3.8) is 0 Å². The average molecular weight is 385 g/mol. The van der Waals surface area contributed by atoms with Crippen LogP contribution < -0.4 is 0 Å². The predicted molar refractivity (Wildman–Crippen MR) is 86.8 cm³/mol. The summed E-state index contributed by atoms with van der Waals surface area (Å²) in [6, 6.07) is 1.95. The van der Waals surface area contributed by atoms with E-state index < -0.39 is 54.4 Å². The molecule has 0 radical (unpaired) electrons. The summed E-state index contributed by atoms with van der Waals surface area (Å²) in [5, 5.41) is 8.85. The van der Waals surface area contributed by atoms with E-state index in [9.17, 15) is 19.2 Å². The van der Waals surface area contributed by atoms with Crippen molar-refractivity contribution in [3.05, 3.63) is 0 Å². The molecule has 1 aliphatic heterocycles. The van der Waals surface area contributed by atoms with Crippen molar-refractivity contribution < 1.29 is 42.9 Å². The van der Waals surface area contributed by atoms with Gasteiger partial charge in [0.25, 0.3) is 0 Å². The summed E-state index contributed by atoms with van der Waals surface area (Å²) in [5.74, 6) is -2.63. The van der Waals surface area contributed by atoms with E-state index in [4.69, 9.17) is 28.9 Å². The third-order valence-corrected chi connectivity index (χ3v) is 3.63. The van der Waals surface area contributed by atoms with E-state index in [0.29, 0.717) is 0 Å². The van der Waals surface area contributed by atoms with Crippen LogP contribution in [0, 0.1) is 11.3 Å². The summed E-state index contributed by atoms with van der Waals surface area (Å²) < 4.78 is 26.5. The van der Waals surface area contributed by atoms with Gasteiger partial charge in [0.2, 0.25) is 0 Å². The molecule has 10 heteroatoms. The molecular weight excluding hydrogens is 362 g/mol. The minimum Gasteiger partial charge on any atom is -0.463 e. The molecule has 0 aromatic heterocycles. The van der Waals surface area contributed by atoms with Gasteiger partial charge < -0.3 is 23.7 Å². The summed E-state index contributed by atoms with van der Waals surface area (Å²) in [5.41, 5.74) is 0. The minimum atomic E-state index is -1.19. The number of ether oxygens (including phenoxy) is 5. The highest BCUT2D eigenvalue weighted by Gasteiger charge is 2.51. The van der Waals surface area contributed by atoms with E-state index in [-0.39, 0.29) is 19.4 Å². The number of carbonyl (C=O) groups is 4. The van der Waals surface area contributed by atoms with Gasteiger partial charge in [-0.2, -0.15) is 5.26 Å². The number of esters is 4. The van der Waals surface area contributed by atoms with Crippen molar-refractivity contribution in [2.24, 2.45) is 0 Å². The Morgan fingerprint density at radius 2 is 1.30 bits per heavy atom. The first-order valence-corrected chi connectivity index (χ1v) is 8.33. The summed E-state index contributed by atoms with van der Waals surface area (Å²) >= 11 is 0. The van der Waals surface area contributed by atoms with Crippen LogP contribution in [0.3, 0.4) is 0 Å². The fourth-order valence-corrected chi connectivity index (χ4v) is 2.76. The molecule has 0 unspecified atom stereocenters. The lowest BCUT2D eigenvalue weighted by molar-refractivity contribution is -0.253. The first-order valence-electron chi connectivity index (χ1n) is 8.33. The van der Waals surface area contributed by atoms with Crippen molar-refractivity contribution in [1.82, 2.24) is 0 Å². The molecule has 0 bridgehead atoms. The standard InChI is InChI=1S/C17H23NO9/c1-9(19)23-8-14-16(25-11(3)21)17(26-12(4)22)15(24-10(2)20)13(27-14)6-5-7-18/h13-17H,5-6,8H2,1-4H3/t13-,14+,15-,16-,17+/m0/s1. The van der Waals surface area contributed by atoms with Gasteiger partial charge >= 0.3 is 23.9 Å². The Labute approximate surface area is 156 Å². The number of hydrogen-bond donors (Lipinski definition) is 0. The molecule has 1 heterocycles.